The Bertz CT molecular complexity index is 2270. The summed E-state index contributed by atoms with van der Waals surface area (Å²) in [5, 5.41) is 8.20. The van der Waals surface area contributed by atoms with Crippen molar-refractivity contribution in [2.24, 2.45) is 0 Å². The van der Waals surface area contributed by atoms with Gasteiger partial charge in [0.15, 0.2) is 0 Å². The molecule has 2 aromatic heterocycles. The molecule has 2 amide bonds. The van der Waals surface area contributed by atoms with Crippen LogP contribution in [0.1, 0.15) is 55.9 Å². The van der Waals surface area contributed by atoms with Crippen molar-refractivity contribution in [3.63, 3.8) is 0 Å². The molecule has 5 heterocycles. The number of hydrogen-bond acceptors (Lipinski definition) is 5. The predicted molar refractivity (Wildman–Crippen MR) is 207 cm³/mol. The van der Waals surface area contributed by atoms with Crippen molar-refractivity contribution in [3.05, 3.63) is 143 Å². The highest BCUT2D eigenvalue weighted by Crippen LogP contribution is 2.36. The molecule has 3 aliphatic heterocycles. The first-order chi connectivity index (χ1) is 26.1. The molecule has 9 rings (SSSR count). The number of ether oxygens (including phenoxy) is 1. The van der Waals surface area contributed by atoms with Crippen LogP contribution in [0.2, 0.25) is 0 Å². The first-order valence-electron chi connectivity index (χ1n) is 18.9. The van der Waals surface area contributed by atoms with E-state index < -0.39 is 0 Å². The van der Waals surface area contributed by atoms with Crippen LogP contribution in [0, 0.1) is 0 Å². The van der Waals surface area contributed by atoms with Gasteiger partial charge >= 0.3 is 0 Å². The number of aromatic nitrogens is 3. The van der Waals surface area contributed by atoms with E-state index in [1.54, 1.807) is 6.20 Å². The van der Waals surface area contributed by atoms with E-state index in [4.69, 9.17) is 4.74 Å². The topological polar surface area (TPSA) is 86.7 Å². The standard InChI is InChI=1S/C44H44N6O3/c51-43(50-29-33-13-5-4-12-32(33)24-36(50)30-47-20-22-53-23-21-47)38-15-7-6-14-37(38)42-26-39(41-16-8-9-19-48(41)42)44(52)49(28-31-10-2-1-3-11-31)35-17-18-40-34(25-35)27-45-46-40/h1-7,10-15,17-18,25-27,36H,8-9,16,19-24,28-30H2,(H,45,46). The van der Waals surface area contributed by atoms with Gasteiger partial charge in [0.1, 0.15) is 0 Å². The third-order valence-electron chi connectivity index (χ3n) is 11.3. The fourth-order valence-electron chi connectivity index (χ4n) is 8.49. The Balaban J connectivity index is 1.10. The number of nitrogens with one attached hydrogen (secondary N) is 1. The van der Waals surface area contributed by atoms with E-state index in [1.165, 1.54) is 11.1 Å². The Morgan fingerprint density at radius 1 is 0.830 bits per heavy atom. The van der Waals surface area contributed by atoms with Crippen LogP contribution in [0.3, 0.4) is 0 Å². The Labute approximate surface area is 309 Å². The molecule has 0 saturated carbocycles. The summed E-state index contributed by atoms with van der Waals surface area (Å²) in [6.07, 6.45) is 5.46. The van der Waals surface area contributed by atoms with Crippen LogP contribution in [0.25, 0.3) is 22.2 Å². The maximum absolute atomic E-state index is 15.0. The van der Waals surface area contributed by atoms with Crippen LogP contribution >= 0.6 is 0 Å². The third-order valence-corrected chi connectivity index (χ3v) is 11.3. The predicted octanol–water partition coefficient (Wildman–Crippen LogP) is 7.11. The summed E-state index contributed by atoms with van der Waals surface area (Å²) in [6, 6.07) is 34.8. The molecule has 3 aliphatic rings. The zero-order valence-corrected chi connectivity index (χ0v) is 29.9. The summed E-state index contributed by atoms with van der Waals surface area (Å²) in [4.78, 5) is 36.3. The van der Waals surface area contributed by atoms with E-state index in [0.29, 0.717) is 24.2 Å². The fourth-order valence-corrected chi connectivity index (χ4v) is 8.49. The molecule has 268 valence electrons. The minimum Gasteiger partial charge on any atom is -0.379 e. The molecule has 0 bridgehead atoms. The normalized spacial score (nSPS) is 17.4. The molecule has 0 aliphatic carbocycles. The van der Waals surface area contributed by atoms with Gasteiger partial charge in [-0.15, -0.1) is 0 Å². The largest absolute Gasteiger partial charge is 0.379 e. The van der Waals surface area contributed by atoms with Crippen molar-refractivity contribution in [3.8, 4) is 11.3 Å². The molecule has 4 aromatic carbocycles. The van der Waals surface area contributed by atoms with Gasteiger partial charge in [-0.2, -0.15) is 5.10 Å². The third kappa shape index (κ3) is 6.55. The molecular weight excluding hydrogens is 661 g/mol. The summed E-state index contributed by atoms with van der Waals surface area (Å²) in [5.74, 6) is -0.0117. The lowest BCUT2D eigenvalue weighted by Gasteiger charge is -2.40. The summed E-state index contributed by atoms with van der Waals surface area (Å²) < 4.78 is 7.95. The summed E-state index contributed by atoms with van der Waals surface area (Å²) in [6.45, 7) is 5.82. The second-order valence-electron chi connectivity index (χ2n) is 14.5. The molecule has 1 unspecified atom stereocenters. The van der Waals surface area contributed by atoms with Gasteiger partial charge in [0.25, 0.3) is 11.8 Å². The molecule has 0 spiro atoms. The van der Waals surface area contributed by atoms with Gasteiger partial charge in [-0.25, -0.2) is 0 Å². The minimum atomic E-state index is -0.0457. The molecule has 9 nitrogen and oxygen atoms in total. The van der Waals surface area contributed by atoms with Crippen LogP contribution in [-0.4, -0.2) is 75.3 Å². The summed E-state index contributed by atoms with van der Waals surface area (Å²) >= 11 is 0. The molecule has 6 aromatic rings. The molecule has 0 radical (unpaired) electrons. The van der Waals surface area contributed by atoms with E-state index in [-0.39, 0.29) is 17.9 Å². The molecule has 53 heavy (non-hydrogen) atoms. The molecule has 1 fully saturated rings. The molecule has 1 saturated heterocycles. The SMILES string of the molecule is O=C(c1cc(-c2ccccc2C(=O)N2Cc3ccccc3CC2CN2CCOCC2)n2c1CCCC2)N(Cc1ccccc1)c1ccc2[nH]ncc2c1. The number of morpholine rings is 1. The van der Waals surface area contributed by atoms with Gasteiger partial charge in [-0.3, -0.25) is 19.6 Å². The van der Waals surface area contributed by atoms with E-state index in [2.05, 4.69) is 73.1 Å². The molecule has 1 atom stereocenters. The smallest absolute Gasteiger partial charge is 0.260 e. The fraction of sp³-hybridized carbons (Fsp3) is 0.295. The Kier molecular flexibility index (Phi) is 9.11. The lowest BCUT2D eigenvalue weighted by atomic mass is 9.92. The van der Waals surface area contributed by atoms with Gasteiger partial charge in [0, 0.05) is 72.4 Å². The number of amides is 2. The van der Waals surface area contributed by atoms with Gasteiger partial charge < -0.3 is 19.1 Å². The number of aromatic amines is 1. The number of hydrogen-bond donors (Lipinski definition) is 1. The maximum atomic E-state index is 15.0. The second-order valence-corrected chi connectivity index (χ2v) is 14.5. The first kappa shape index (κ1) is 33.3. The Hall–Kier alpha value is -5.51. The van der Waals surface area contributed by atoms with Crippen LogP contribution in [0.4, 0.5) is 5.69 Å². The molecule has 9 heteroatoms. The number of rotatable bonds is 8. The molecule has 1 N–H and O–H groups in total. The van der Waals surface area contributed by atoms with Gasteiger partial charge in [0.05, 0.1) is 37.0 Å². The van der Waals surface area contributed by atoms with Crippen molar-refractivity contribution in [1.29, 1.82) is 0 Å². The minimum absolute atomic E-state index is 0.0340. The Morgan fingerprint density at radius 2 is 1.62 bits per heavy atom. The van der Waals surface area contributed by atoms with E-state index in [9.17, 15) is 9.59 Å². The lowest BCUT2D eigenvalue weighted by molar-refractivity contribution is 0.0193. The van der Waals surface area contributed by atoms with Crippen molar-refractivity contribution in [2.45, 2.75) is 51.4 Å². The zero-order chi connectivity index (χ0) is 35.7. The van der Waals surface area contributed by atoms with Crippen LogP contribution in [-0.2, 0) is 37.2 Å². The average molecular weight is 705 g/mol. The van der Waals surface area contributed by atoms with Gasteiger partial charge in [-0.05, 0) is 72.7 Å². The highest BCUT2D eigenvalue weighted by atomic mass is 16.5. The van der Waals surface area contributed by atoms with Gasteiger partial charge in [0.2, 0.25) is 0 Å². The van der Waals surface area contributed by atoms with E-state index >= 15 is 0 Å². The zero-order valence-electron chi connectivity index (χ0n) is 29.9. The number of anilines is 1. The summed E-state index contributed by atoms with van der Waals surface area (Å²) in [7, 11) is 0. The monoisotopic (exact) mass is 704 g/mol. The number of benzene rings is 4. The average Bonchev–Trinajstić information content (AvgIpc) is 3.85. The number of carbonyl (C=O) groups excluding carboxylic acids is 2. The number of H-pyrrole nitrogens is 1. The first-order valence-corrected chi connectivity index (χ1v) is 18.9. The second kappa shape index (κ2) is 14.5. The van der Waals surface area contributed by atoms with Crippen molar-refractivity contribution >= 4 is 28.4 Å². The number of nitrogens with zero attached hydrogens (tertiary/aromatic N) is 5. The van der Waals surface area contributed by atoms with Gasteiger partial charge in [-0.1, -0.05) is 72.8 Å². The Morgan fingerprint density at radius 3 is 2.49 bits per heavy atom. The van der Waals surface area contributed by atoms with Crippen molar-refractivity contribution < 1.29 is 14.3 Å². The highest BCUT2D eigenvalue weighted by molar-refractivity contribution is 6.09. The quantitative estimate of drug-likeness (QED) is 0.183. The van der Waals surface area contributed by atoms with Crippen molar-refractivity contribution in [1.82, 2.24) is 24.6 Å². The van der Waals surface area contributed by atoms with Crippen LogP contribution in [0.15, 0.2) is 109 Å². The molecular formula is C44H44N6O3. The van der Waals surface area contributed by atoms with E-state index in [1.807, 2.05) is 59.5 Å². The lowest BCUT2D eigenvalue weighted by Crippen LogP contribution is -2.52. The van der Waals surface area contributed by atoms with E-state index in [0.717, 1.165) is 104 Å². The number of fused-ring (bicyclic) bond motifs is 3. The maximum Gasteiger partial charge on any atom is 0.260 e. The van der Waals surface area contributed by atoms with Crippen molar-refractivity contribution in [2.75, 3.05) is 37.7 Å². The van der Waals surface area contributed by atoms with Crippen LogP contribution in [0.5, 0.6) is 0 Å². The van der Waals surface area contributed by atoms with Crippen LogP contribution < -0.4 is 4.90 Å². The number of carbonyl (C=O) groups is 2. The highest BCUT2D eigenvalue weighted by Gasteiger charge is 2.34. The summed E-state index contributed by atoms with van der Waals surface area (Å²) in [5.41, 5.74) is 9.53.